The van der Waals surface area contributed by atoms with Crippen molar-refractivity contribution in [3.63, 3.8) is 0 Å². The lowest BCUT2D eigenvalue weighted by Crippen LogP contribution is -2.52. The van der Waals surface area contributed by atoms with Gasteiger partial charge in [0, 0.05) is 11.6 Å². The first kappa shape index (κ1) is 14.4. The van der Waals surface area contributed by atoms with Crippen molar-refractivity contribution in [1.29, 1.82) is 0 Å². The topological polar surface area (TPSA) is 101 Å². The SMILES string of the molecule is CC(C)(C)c1cn([C@H]2CO[C@H](CO)[C@H](O)[C@@H]2O)nn1. The van der Waals surface area contributed by atoms with Crippen LogP contribution in [0.4, 0.5) is 0 Å². The van der Waals surface area contributed by atoms with Crippen molar-refractivity contribution in [2.75, 3.05) is 13.2 Å². The number of aliphatic hydroxyl groups is 3. The van der Waals surface area contributed by atoms with E-state index in [4.69, 9.17) is 9.84 Å². The van der Waals surface area contributed by atoms with Crippen LogP contribution in [0.1, 0.15) is 32.5 Å². The first-order chi connectivity index (χ1) is 8.84. The van der Waals surface area contributed by atoms with Gasteiger partial charge in [0.1, 0.15) is 24.4 Å². The lowest BCUT2D eigenvalue weighted by molar-refractivity contribution is -0.171. The third-order valence-corrected chi connectivity index (χ3v) is 3.40. The fraction of sp³-hybridized carbons (Fsp3) is 0.833. The Balaban J connectivity index is 2.16. The molecule has 108 valence electrons. The van der Waals surface area contributed by atoms with E-state index in [1.54, 1.807) is 6.20 Å². The molecule has 7 nitrogen and oxygen atoms in total. The summed E-state index contributed by atoms with van der Waals surface area (Å²) in [6, 6.07) is -0.499. The van der Waals surface area contributed by atoms with Gasteiger partial charge in [-0.15, -0.1) is 5.10 Å². The second kappa shape index (κ2) is 5.16. The third-order valence-electron chi connectivity index (χ3n) is 3.40. The van der Waals surface area contributed by atoms with Gasteiger partial charge in [-0.25, -0.2) is 4.68 Å². The van der Waals surface area contributed by atoms with Crippen molar-refractivity contribution in [3.05, 3.63) is 11.9 Å². The Morgan fingerprint density at radius 1 is 1.37 bits per heavy atom. The summed E-state index contributed by atoms with van der Waals surface area (Å²) in [6.07, 6.45) is -1.17. The molecular weight excluding hydrogens is 250 g/mol. The van der Waals surface area contributed by atoms with E-state index in [1.807, 2.05) is 20.8 Å². The Morgan fingerprint density at radius 3 is 2.58 bits per heavy atom. The minimum absolute atomic E-state index is 0.134. The molecule has 4 atom stereocenters. The third kappa shape index (κ3) is 2.79. The van der Waals surface area contributed by atoms with Crippen molar-refractivity contribution in [1.82, 2.24) is 15.0 Å². The van der Waals surface area contributed by atoms with Crippen molar-refractivity contribution in [2.24, 2.45) is 0 Å². The average Bonchev–Trinajstić information content (AvgIpc) is 2.81. The standard InChI is InChI=1S/C12H21N3O4/c1-12(2,3)9-4-15(14-13-9)7-6-19-8(5-16)11(18)10(7)17/h4,7-8,10-11,16-18H,5-6H2,1-3H3/t7-,8+,10+,11-/m0/s1. The number of rotatable bonds is 2. The summed E-state index contributed by atoms with van der Waals surface area (Å²) in [4.78, 5) is 0. The molecule has 19 heavy (non-hydrogen) atoms. The second-order valence-corrected chi connectivity index (χ2v) is 5.94. The Hall–Kier alpha value is -1.02. The molecule has 1 aliphatic rings. The van der Waals surface area contributed by atoms with Crippen molar-refractivity contribution >= 4 is 0 Å². The minimum atomic E-state index is -1.13. The van der Waals surface area contributed by atoms with Gasteiger partial charge in [-0.2, -0.15) is 0 Å². The molecule has 1 aromatic heterocycles. The van der Waals surface area contributed by atoms with E-state index >= 15 is 0 Å². The summed E-state index contributed by atoms with van der Waals surface area (Å²) in [5.41, 5.74) is 0.670. The van der Waals surface area contributed by atoms with Gasteiger partial charge in [0.2, 0.25) is 0 Å². The number of ether oxygens (including phenoxy) is 1. The summed E-state index contributed by atoms with van der Waals surface area (Å²) in [5.74, 6) is 0. The zero-order valence-corrected chi connectivity index (χ0v) is 11.4. The highest BCUT2D eigenvalue weighted by Crippen LogP contribution is 2.26. The lowest BCUT2D eigenvalue weighted by atomic mass is 9.93. The highest BCUT2D eigenvalue weighted by molar-refractivity contribution is 5.07. The minimum Gasteiger partial charge on any atom is -0.394 e. The maximum Gasteiger partial charge on any atom is 0.110 e. The van der Waals surface area contributed by atoms with Crippen LogP contribution in [0.3, 0.4) is 0 Å². The molecule has 0 radical (unpaired) electrons. The molecule has 1 saturated heterocycles. The number of hydrogen-bond acceptors (Lipinski definition) is 6. The molecule has 0 unspecified atom stereocenters. The molecule has 0 spiro atoms. The predicted octanol–water partition coefficient (Wildman–Crippen LogP) is -0.770. The van der Waals surface area contributed by atoms with Gasteiger partial charge in [0.05, 0.1) is 18.9 Å². The Bertz CT molecular complexity index is 429. The summed E-state index contributed by atoms with van der Waals surface area (Å²) in [6.45, 7) is 5.91. The normalized spacial score (nSPS) is 32.5. The monoisotopic (exact) mass is 271 g/mol. The van der Waals surface area contributed by atoms with Crippen LogP contribution < -0.4 is 0 Å². The molecule has 0 bridgehead atoms. The van der Waals surface area contributed by atoms with Crippen molar-refractivity contribution in [2.45, 2.75) is 50.5 Å². The van der Waals surface area contributed by atoms with E-state index < -0.39 is 24.4 Å². The first-order valence-electron chi connectivity index (χ1n) is 6.35. The van der Waals surface area contributed by atoms with Gasteiger partial charge < -0.3 is 20.1 Å². The van der Waals surface area contributed by atoms with Crippen LogP contribution in [0.15, 0.2) is 6.20 Å². The first-order valence-corrected chi connectivity index (χ1v) is 6.35. The Labute approximate surface area is 111 Å². The van der Waals surface area contributed by atoms with Crippen LogP contribution in [0.2, 0.25) is 0 Å². The molecule has 3 N–H and O–H groups in total. The molecule has 7 heteroatoms. The maximum absolute atomic E-state index is 10.1. The van der Waals surface area contributed by atoms with Crippen LogP contribution >= 0.6 is 0 Å². The van der Waals surface area contributed by atoms with Crippen LogP contribution in [0.5, 0.6) is 0 Å². The highest BCUT2D eigenvalue weighted by atomic mass is 16.5. The molecular formula is C12H21N3O4. The fourth-order valence-corrected chi connectivity index (χ4v) is 2.04. The van der Waals surface area contributed by atoms with Crippen LogP contribution in [0, 0.1) is 0 Å². The molecule has 0 amide bonds. The lowest BCUT2D eigenvalue weighted by Gasteiger charge is -2.36. The quantitative estimate of drug-likeness (QED) is 0.653. The van der Waals surface area contributed by atoms with Gasteiger partial charge in [-0.3, -0.25) is 0 Å². The molecule has 2 heterocycles. The van der Waals surface area contributed by atoms with Crippen LogP contribution in [-0.4, -0.2) is 61.8 Å². The number of nitrogens with zero attached hydrogens (tertiary/aromatic N) is 3. The summed E-state index contributed by atoms with van der Waals surface area (Å²) < 4.78 is 6.84. The van der Waals surface area contributed by atoms with Gasteiger partial charge in [0.25, 0.3) is 0 Å². The predicted molar refractivity (Wildman–Crippen MR) is 66.6 cm³/mol. The van der Waals surface area contributed by atoms with Crippen LogP contribution in [-0.2, 0) is 10.2 Å². The highest BCUT2D eigenvalue weighted by Gasteiger charge is 2.39. The molecule has 0 aromatic carbocycles. The molecule has 0 aliphatic carbocycles. The van der Waals surface area contributed by atoms with Crippen molar-refractivity contribution in [3.8, 4) is 0 Å². The molecule has 1 fully saturated rings. The van der Waals surface area contributed by atoms with E-state index in [9.17, 15) is 10.2 Å². The van der Waals surface area contributed by atoms with Gasteiger partial charge >= 0.3 is 0 Å². The van der Waals surface area contributed by atoms with Crippen LogP contribution in [0.25, 0.3) is 0 Å². The van der Waals surface area contributed by atoms with E-state index in [-0.39, 0.29) is 18.6 Å². The van der Waals surface area contributed by atoms with E-state index in [2.05, 4.69) is 10.3 Å². The number of aliphatic hydroxyl groups excluding tert-OH is 3. The number of aromatic nitrogens is 3. The summed E-state index contributed by atoms with van der Waals surface area (Å²) in [5, 5.41) is 37.0. The molecule has 1 aliphatic heterocycles. The van der Waals surface area contributed by atoms with Gasteiger partial charge in [0.15, 0.2) is 0 Å². The van der Waals surface area contributed by atoms with E-state index in [0.717, 1.165) is 5.69 Å². The largest absolute Gasteiger partial charge is 0.394 e. The number of hydrogen-bond donors (Lipinski definition) is 3. The molecule has 0 saturated carbocycles. The zero-order chi connectivity index (χ0) is 14.2. The van der Waals surface area contributed by atoms with Crippen molar-refractivity contribution < 1.29 is 20.1 Å². The van der Waals surface area contributed by atoms with E-state index in [1.165, 1.54) is 4.68 Å². The maximum atomic E-state index is 10.1. The molecule has 2 rings (SSSR count). The molecule has 1 aromatic rings. The smallest absolute Gasteiger partial charge is 0.110 e. The summed E-state index contributed by atoms with van der Waals surface area (Å²) in [7, 11) is 0. The Morgan fingerprint density at radius 2 is 2.05 bits per heavy atom. The zero-order valence-electron chi connectivity index (χ0n) is 11.4. The van der Waals surface area contributed by atoms with Gasteiger partial charge in [-0.05, 0) is 0 Å². The average molecular weight is 271 g/mol. The Kier molecular flexibility index (Phi) is 3.91. The second-order valence-electron chi connectivity index (χ2n) is 5.94. The fourth-order valence-electron chi connectivity index (χ4n) is 2.04. The van der Waals surface area contributed by atoms with Gasteiger partial charge in [-0.1, -0.05) is 26.0 Å². The summed E-state index contributed by atoms with van der Waals surface area (Å²) >= 11 is 0. The van der Waals surface area contributed by atoms with E-state index in [0.29, 0.717) is 0 Å².